The molecule has 0 unspecified atom stereocenters. The van der Waals surface area contributed by atoms with Crippen molar-refractivity contribution in [2.45, 2.75) is 19.0 Å². The smallest absolute Gasteiger partial charge is 0.0963 e. The predicted molar refractivity (Wildman–Crippen MR) is 63.8 cm³/mol. The van der Waals surface area contributed by atoms with Gasteiger partial charge in [-0.3, -0.25) is 0 Å². The quantitative estimate of drug-likeness (QED) is 0.556. The summed E-state index contributed by atoms with van der Waals surface area (Å²) >= 11 is 11.8. The molecule has 0 spiro atoms. The van der Waals surface area contributed by atoms with Gasteiger partial charge in [-0.05, 0) is 5.56 Å². The lowest BCUT2D eigenvalue weighted by atomic mass is 10.2. The number of benzene rings is 1. The van der Waals surface area contributed by atoms with Crippen LogP contribution in [0.4, 0.5) is 0 Å². The van der Waals surface area contributed by atoms with Gasteiger partial charge in [0.1, 0.15) is 0 Å². The SMILES string of the molecule is C[Si](C)(CCl)c1ccccc1CCl. The Labute approximate surface area is 90.9 Å². The highest BCUT2D eigenvalue weighted by atomic mass is 35.5. The summed E-state index contributed by atoms with van der Waals surface area (Å²) in [6, 6.07) is 8.34. The van der Waals surface area contributed by atoms with Crippen LogP contribution in [-0.4, -0.2) is 13.6 Å². The van der Waals surface area contributed by atoms with Crippen molar-refractivity contribution in [2.75, 3.05) is 5.50 Å². The Balaban J connectivity index is 3.12. The monoisotopic (exact) mass is 232 g/mol. The molecule has 0 aliphatic carbocycles. The van der Waals surface area contributed by atoms with Gasteiger partial charge in [-0.25, -0.2) is 0 Å². The predicted octanol–water partition coefficient (Wildman–Crippen LogP) is 3.12. The van der Waals surface area contributed by atoms with E-state index in [0.717, 1.165) is 5.50 Å². The van der Waals surface area contributed by atoms with Gasteiger partial charge < -0.3 is 0 Å². The lowest BCUT2D eigenvalue weighted by Gasteiger charge is -2.22. The molecule has 0 amide bonds. The van der Waals surface area contributed by atoms with Crippen molar-refractivity contribution < 1.29 is 0 Å². The van der Waals surface area contributed by atoms with Gasteiger partial charge in [0, 0.05) is 11.4 Å². The molecular formula is C10H14Cl2Si. The summed E-state index contributed by atoms with van der Waals surface area (Å²) in [5.41, 5.74) is 1.99. The molecule has 0 saturated carbocycles. The van der Waals surface area contributed by atoms with Crippen molar-refractivity contribution in [2.24, 2.45) is 0 Å². The summed E-state index contributed by atoms with van der Waals surface area (Å²) in [5, 5.41) is 1.39. The molecule has 72 valence electrons. The van der Waals surface area contributed by atoms with E-state index in [-0.39, 0.29) is 0 Å². The zero-order valence-corrected chi connectivity index (χ0v) is 10.5. The number of hydrogen-bond acceptors (Lipinski definition) is 0. The maximum atomic E-state index is 5.98. The first kappa shape index (κ1) is 11.1. The van der Waals surface area contributed by atoms with Crippen LogP contribution in [0.15, 0.2) is 24.3 Å². The van der Waals surface area contributed by atoms with Crippen molar-refractivity contribution in [1.82, 2.24) is 0 Å². The Morgan fingerprint density at radius 2 is 1.77 bits per heavy atom. The van der Waals surface area contributed by atoms with Crippen molar-refractivity contribution in [3.05, 3.63) is 29.8 Å². The molecule has 0 aromatic heterocycles. The van der Waals surface area contributed by atoms with Gasteiger partial charge in [0.05, 0.1) is 8.07 Å². The molecule has 0 fully saturated rings. The van der Waals surface area contributed by atoms with Gasteiger partial charge in [0.15, 0.2) is 0 Å². The van der Waals surface area contributed by atoms with Crippen LogP contribution in [0.25, 0.3) is 0 Å². The van der Waals surface area contributed by atoms with Crippen molar-refractivity contribution in [1.29, 1.82) is 0 Å². The van der Waals surface area contributed by atoms with Crippen molar-refractivity contribution in [3.8, 4) is 0 Å². The van der Waals surface area contributed by atoms with Gasteiger partial charge in [0.25, 0.3) is 0 Å². The van der Waals surface area contributed by atoms with E-state index in [4.69, 9.17) is 23.2 Å². The molecule has 0 radical (unpaired) electrons. The fraction of sp³-hybridized carbons (Fsp3) is 0.400. The lowest BCUT2D eigenvalue weighted by molar-refractivity contribution is 1.42. The summed E-state index contributed by atoms with van der Waals surface area (Å²) in [4.78, 5) is 0. The third kappa shape index (κ3) is 2.49. The van der Waals surface area contributed by atoms with E-state index in [0.29, 0.717) is 5.88 Å². The molecule has 3 heteroatoms. The van der Waals surface area contributed by atoms with Gasteiger partial charge in [0.2, 0.25) is 0 Å². The molecule has 1 aromatic carbocycles. The topological polar surface area (TPSA) is 0 Å². The zero-order valence-electron chi connectivity index (χ0n) is 7.98. The van der Waals surface area contributed by atoms with Crippen LogP contribution in [0, 0.1) is 0 Å². The number of rotatable bonds is 3. The highest BCUT2D eigenvalue weighted by molar-refractivity contribution is 6.94. The van der Waals surface area contributed by atoms with E-state index in [2.05, 4.69) is 31.3 Å². The minimum atomic E-state index is -1.44. The largest absolute Gasteiger partial charge is 0.130 e. The standard InChI is InChI=1S/C10H14Cl2Si/c1-13(2,8-12)10-6-4-3-5-9(10)7-11/h3-6H,7-8H2,1-2H3. The molecule has 1 aromatic rings. The lowest BCUT2D eigenvalue weighted by Crippen LogP contribution is -2.45. The average molecular weight is 233 g/mol. The van der Waals surface area contributed by atoms with E-state index in [1.807, 2.05) is 6.07 Å². The Morgan fingerprint density at radius 3 is 2.31 bits per heavy atom. The molecule has 0 aliphatic rings. The van der Waals surface area contributed by atoms with Gasteiger partial charge in [-0.15, -0.1) is 23.2 Å². The third-order valence-corrected chi connectivity index (χ3v) is 7.13. The molecular weight excluding hydrogens is 219 g/mol. The highest BCUT2D eigenvalue weighted by Crippen LogP contribution is 2.10. The molecule has 0 heterocycles. The minimum absolute atomic E-state index is 0.587. The summed E-state index contributed by atoms with van der Waals surface area (Å²) in [6.07, 6.45) is 0. The molecule has 1 rings (SSSR count). The Hall–Kier alpha value is 0.0169. The van der Waals surface area contributed by atoms with E-state index in [1.165, 1.54) is 10.8 Å². The summed E-state index contributed by atoms with van der Waals surface area (Å²) in [5.74, 6) is 0.587. The molecule has 0 nitrogen and oxygen atoms in total. The molecule has 13 heavy (non-hydrogen) atoms. The zero-order chi connectivity index (χ0) is 9.90. The third-order valence-electron chi connectivity index (χ3n) is 2.22. The van der Waals surface area contributed by atoms with Crippen LogP contribution in [0.5, 0.6) is 0 Å². The van der Waals surface area contributed by atoms with Gasteiger partial charge in [-0.2, -0.15) is 0 Å². The number of halogens is 2. The van der Waals surface area contributed by atoms with E-state index >= 15 is 0 Å². The van der Waals surface area contributed by atoms with Crippen LogP contribution >= 0.6 is 23.2 Å². The first-order chi connectivity index (χ1) is 6.11. The maximum Gasteiger partial charge on any atom is 0.0963 e. The normalized spacial score (nSPS) is 11.7. The van der Waals surface area contributed by atoms with Crippen LogP contribution in [0.3, 0.4) is 0 Å². The van der Waals surface area contributed by atoms with Crippen LogP contribution in [-0.2, 0) is 5.88 Å². The minimum Gasteiger partial charge on any atom is -0.130 e. The van der Waals surface area contributed by atoms with E-state index < -0.39 is 8.07 Å². The Kier molecular flexibility index (Phi) is 3.83. The number of alkyl halides is 2. The van der Waals surface area contributed by atoms with Crippen LogP contribution < -0.4 is 5.19 Å². The second-order valence-electron chi connectivity index (χ2n) is 3.81. The van der Waals surface area contributed by atoms with Gasteiger partial charge >= 0.3 is 0 Å². The second-order valence-corrected chi connectivity index (χ2v) is 9.45. The van der Waals surface area contributed by atoms with Crippen LogP contribution in [0.2, 0.25) is 13.1 Å². The summed E-state index contributed by atoms with van der Waals surface area (Å²) in [6.45, 7) is 4.54. The number of hydrogen-bond donors (Lipinski definition) is 0. The second kappa shape index (κ2) is 4.49. The first-order valence-electron chi connectivity index (χ1n) is 4.32. The molecule has 0 atom stereocenters. The van der Waals surface area contributed by atoms with Crippen molar-refractivity contribution >= 4 is 36.5 Å². The summed E-state index contributed by atoms with van der Waals surface area (Å²) in [7, 11) is -1.44. The maximum absolute atomic E-state index is 5.98. The Bertz CT molecular complexity index is 284. The van der Waals surface area contributed by atoms with Crippen LogP contribution in [0.1, 0.15) is 5.56 Å². The van der Waals surface area contributed by atoms with Crippen molar-refractivity contribution in [3.63, 3.8) is 0 Å². The molecule has 0 N–H and O–H groups in total. The summed E-state index contributed by atoms with van der Waals surface area (Å²) < 4.78 is 0. The fourth-order valence-electron chi connectivity index (χ4n) is 1.37. The average Bonchev–Trinajstić information content (AvgIpc) is 2.18. The highest BCUT2D eigenvalue weighted by Gasteiger charge is 2.24. The Morgan fingerprint density at radius 1 is 1.15 bits per heavy atom. The van der Waals surface area contributed by atoms with E-state index in [9.17, 15) is 0 Å². The van der Waals surface area contributed by atoms with E-state index in [1.54, 1.807) is 0 Å². The first-order valence-corrected chi connectivity index (χ1v) is 8.60. The fourth-order valence-corrected chi connectivity index (χ4v) is 3.88. The molecule has 0 saturated heterocycles. The molecule has 0 bridgehead atoms. The molecule has 0 aliphatic heterocycles. The van der Waals surface area contributed by atoms with Gasteiger partial charge in [-0.1, -0.05) is 42.5 Å².